The Hall–Kier alpha value is -2.67. The molecule has 2 aromatic rings. The van der Waals surface area contributed by atoms with Gasteiger partial charge in [0.2, 0.25) is 5.95 Å². The summed E-state index contributed by atoms with van der Waals surface area (Å²) in [5.74, 6) is 1.32. The Kier molecular flexibility index (Phi) is 5.91. The number of likely N-dealkylation sites (N-methyl/N-ethyl adjacent to an activating group) is 1. The predicted octanol–water partition coefficient (Wildman–Crippen LogP) is 2.04. The molecule has 1 atom stereocenters. The molecule has 1 fully saturated rings. The van der Waals surface area contributed by atoms with Crippen LogP contribution in [0.3, 0.4) is 0 Å². The van der Waals surface area contributed by atoms with E-state index < -0.39 is 0 Å². The van der Waals surface area contributed by atoms with E-state index in [1.54, 1.807) is 13.3 Å². The fraction of sp³-hybridized carbons (Fsp3) is 0.450. The van der Waals surface area contributed by atoms with Crippen LogP contribution in [-0.4, -0.2) is 61.1 Å². The summed E-state index contributed by atoms with van der Waals surface area (Å²) in [6.07, 6.45) is 1.63. The van der Waals surface area contributed by atoms with Gasteiger partial charge in [-0.3, -0.25) is 4.79 Å². The van der Waals surface area contributed by atoms with Gasteiger partial charge in [0, 0.05) is 32.4 Å². The lowest BCUT2D eigenvalue weighted by Gasteiger charge is -2.32. The number of piperazine rings is 1. The molecular formula is C20H27N5O2. The molecule has 7 nitrogen and oxygen atoms in total. The number of hydrogen-bond acceptors (Lipinski definition) is 6. The van der Waals surface area contributed by atoms with Crippen molar-refractivity contribution in [3.8, 4) is 5.75 Å². The third kappa shape index (κ3) is 4.54. The normalized spacial score (nSPS) is 16.1. The van der Waals surface area contributed by atoms with Crippen LogP contribution in [0, 0.1) is 6.92 Å². The van der Waals surface area contributed by atoms with Gasteiger partial charge < -0.3 is 19.9 Å². The van der Waals surface area contributed by atoms with Crippen LogP contribution in [0.4, 0.5) is 5.95 Å². The molecule has 7 heteroatoms. The smallest absolute Gasteiger partial charge is 0.255 e. The highest BCUT2D eigenvalue weighted by Crippen LogP contribution is 2.19. The first-order valence-corrected chi connectivity index (χ1v) is 9.20. The maximum Gasteiger partial charge on any atom is 0.255 e. The molecule has 1 unspecified atom stereocenters. The molecule has 144 valence electrons. The molecule has 3 rings (SSSR count). The van der Waals surface area contributed by atoms with Crippen LogP contribution in [0.25, 0.3) is 0 Å². The van der Waals surface area contributed by atoms with E-state index in [0.717, 1.165) is 37.5 Å². The zero-order valence-electron chi connectivity index (χ0n) is 16.4. The fourth-order valence-electron chi connectivity index (χ4n) is 3.09. The summed E-state index contributed by atoms with van der Waals surface area (Å²) >= 11 is 0. The third-order valence-electron chi connectivity index (χ3n) is 4.96. The van der Waals surface area contributed by atoms with Gasteiger partial charge in [-0.25, -0.2) is 9.97 Å². The third-order valence-corrected chi connectivity index (χ3v) is 4.96. The molecule has 0 bridgehead atoms. The second-order valence-electron chi connectivity index (χ2n) is 6.93. The Labute approximate surface area is 160 Å². The molecule has 1 aliphatic heterocycles. The monoisotopic (exact) mass is 369 g/mol. The summed E-state index contributed by atoms with van der Waals surface area (Å²) in [4.78, 5) is 26.1. The minimum atomic E-state index is -0.166. The van der Waals surface area contributed by atoms with Crippen molar-refractivity contribution >= 4 is 11.9 Å². The first-order valence-electron chi connectivity index (χ1n) is 9.20. The van der Waals surface area contributed by atoms with Gasteiger partial charge in [0.05, 0.1) is 24.4 Å². The molecule has 1 aromatic heterocycles. The van der Waals surface area contributed by atoms with Gasteiger partial charge in [0.15, 0.2) is 0 Å². The van der Waals surface area contributed by atoms with Gasteiger partial charge in [-0.15, -0.1) is 0 Å². The van der Waals surface area contributed by atoms with Crippen LogP contribution in [0.15, 0.2) is 30.5 Å². The lowest BCUT2D eigenvalue weighted by molar-refractivity contribution is 0.0938. The molecule has 0 saturated carbocycles. The van der Waals surface area contributed by atoms with E-state index in [-0.39, 0.29) is 11.9 Å². The van der Waals surface area contributed by atoms with Crippen molar-refractivity contribution in [1.29, 1.82) is 0 Å². The van der Waals surface area contributed by atoms with Gasteiger partial charge in [0.25, 0.3) is 5.91 Å². The van der Waals surface area contributed by atoms with E-state index in [2.05, 4.69) is 32.1 Å². The summed E-state index contributed by atoms with van der Waals surface area (Å²) in [6.45, 7) is 7.59. The van der Waals surface area contributed by atoms with Gasteiger partial charge in [-0.05, 0) is 38.6 Å². The standard InChI is InChI=1S/C20H27N5O2/c1-14(16-5-7-17(27-4)8-6-16)22-19(26)18-13-21-20(23-15(18)2)25-11-9-24(3)10-12-25/h5-8,13-14H,9-12H2,1-4H3,(H,22,26). The van der Waals surface area contributed by atoms with Gasteiger partial charge in [-0.1, -0.05) is 12.1 Å². The number of carbonyl (C=O) groups excluding carboxylic acids is 1. The molecule has 1 aliphatic rings. The summed E-state index contributed by atoms with van der Waals surface area (Å²) in [5, 5.41) is 3.02. The van der Waals surface area contributed by atoms with E-state index in [1.807, 2.05) is 38.1 Å². The molecule has 0 spiro atoms. The summed E-state index contributed by atoms with van der Waals surface area (Å²) in [7, 11) is 3.75. The van der Waals surface area contributed by atoms with Crippen molar-refractivity contribution in [1.82, 2.24) is 20.2 Å². The van der Waals surface area contributed by atoms with Crippen molar-refractivity contribution in [2.45, 2.75) is 19.9 Å². The number of nitrogens with one attached hydrogen (secondary N) is 1. The van der Waals surface area contributed by atoms with Crippen molar-refractivity contribution in [2.75, 3.05) is 45.2 Å². The van der Waals surface area contributed by atoms with E-state index in [4.69, 9.17) is 4.74 Å². The zero-order chi connectivity index (χ0) is 19.4. The second kappa shape index (κ2) is 8.35. The zero-order valence-corrected chi connectivity index (χ0v) is 16.4. The quantitative estimate of drug-likeness (QED) is 0.870. The highest BCUT2D eigenvalue weighted by Gasteiger charge is 2.19. The minimum Gasteiger partial charge on any atom is -0.497 e. The SMILES string of the molecule is COc1ccc(C(C)NC(=O)c2cnc(N3CCN(C)CC3)nc2C)cc1. The highest BCUT2D eigenvalue weighted by molar-refractivity contribution is 5.95. The number of ether oxygens (including phenoxy) is 1. The largest absolute Gasteiger partial charge is 0.497 e. The summed E-state index contributed by atoms with van der Waals surface area (Å²) < 4.78 is 5.17. The second-order valence-corrected chi connectivity index (χ2v) is 6.93. The van der Waals surface area contributed by atoms with E-state index in [9.17, 15) is 4.79 Å². The molecule has 1 N–H and O–H groups in total. The first-order chi connectivity index (χ1) is 13.0. The summed E-state index contributed by atoms with van der Waals surface area (Å²) in [5.41, 5.74) is 2.21. The average molecular weight is 369 g/mol. The number of carbonyl (C=O) groups is 1. The van der Waals surface area contributed by atoms with Gasteiger partial charge in [-0.2, -0.15) is 0 Å². The molecule has 0 radical (unpaired) electrons. The average Bonchev–Trinajstić information content (AvgIpc) is 2.68. The van der Waals surface area contributed by atoms with Crippen molar-refractivity contribution in [2.24, 2.45) is 0 Å². The Morgan fingerprint density at radius 3 is 2.44 bits per heavy atom. The Morgan fingerprint density at radius 2 is 1.85 bits per heavy atom. The van der Waals surface area contributed by atoms with Crippen molar-refractivity contribution in [3.05, 3.63) is 47.3 Å². The van der Waals surface area contributed by atoms with Gasteiger partial charge >= 0.3 is 0 Å². The topological polar surface area (TPSA) is 70.6 Å². The number of benzene rings is 1. The van der Waals surface area contributed by atoms with Gasteiger partial charge in [0.1, 0.15) is 5.75 Å². The van der Waals surface area contributed by atoms with Crippen LogP contribution in [0.2, 0.25) is 0 Å². The molecule has 1 saturated heterocycles. The predicted molar refractivity (Wildman–Crippen MR) is 105 cm³/mol. The number of aromatic nitrogens is 2. The first kappa shape index (κ1) is 19.1. The number of methoxy groups -OCH3 is 1. The number of amides is 1. The number of nitrogens with zero attached hydrogens (tertiary/aromatic N) is 4. The number of hydrogen-bond donors (Lipinski definition) is 1. The van der Waals surface area contributed by atoms with Crippen LogP contribution in [-0.2, 0) is 0 Å². The maximum atomic E-state index is 12.7. The number of aryl methyl sites for hydroxylation is 1. The van der Waals surface area contributed by atoms with E-state index in [0.29, 0.717) is 17.2 Å². The van der Waals surface area contributed by atoms with Crippen LogP contribution >= 0.6 is 0 Å². The lowest BCUT2D eigenvalue weighted by atomic mass is 10.1. The molecule has 1 aromatic carbocycles. The molecule has 0 aliphatic carbocycles. The molecule has 2 heterocycles. The minimum absolute atomic E-state index is 0.125. The Bertz CT molecular complexity index is 785. The van der Waals surface area contributed by atoms with E-state index >= 15 is 0 Å². The molecule has 27 heavy (non-hydrogen) atoms. The van der Waals surface area contributed by atoms with Crippen molar-refractivity contribution < 1.29 is 9.53 Å². The van der Waals surface area contributed by atoms with Crippen LogP contribution in [0.5, 0.6) is 5.75 Å². The fourth-order valence-corrected chi connectivity index (χ4v) is 3.09. The number of anilines is 1. The van der Waals surface area contributed by atoms with Crippen LogP contribution in [0.1, 0.15) is 34.6 Å². The van der Waals surface area contributed by atoms with Crippen LogP contribution < -0.4 is 15.0 Å². The Balaban J connectivity index is 1.67. The number of rotatable bonds is 5. The molecule has 1 amide bonds. The summed E-state index contributed by atoms with van der Waals surface area (Å²) in [6, 6.07) is 7.54. The molecular weight excluding hydrogens is 342 g/mol. The Morgan fingerprint density at radius 1 is 1.19 bits per heavy atom. The van der Waals surface area contributed by atoms with Crippen molar-refractivity contribution in [3.63, 3.8) is 0 Å². The van der Waals surface area contributed by atoms with E-state index in [1.165, 1.54) is 0 Å². The maximum absolute atomic E-state index is 12.7. The lowest BCUT2D eigenvalue weighted by Crippen LogP contribution is -2.45. The highest BCUT2D eigenvalue weighted by atomic mass is 16.5.